The summed E-state index contributed by atoms with van der Waals surface area (Å²) in [7, 11) is 0. The van der Waals surface area contributed by atoms with E-state index in [1.54, 1.807) is 29.1 Å². The zero-order valence-electron chi connectivity index (χ0n) is 18.8. The number of carboxylic acids is 1. The largest absolute Gasteiger partial charge is 0.481 e. The Bertz CT molecular complexity index is 1540. The van der Waals surface area contributed by atoms with Gasteiger partial charge in [0.05, 0.1) is 17.0 Å². The van der Waals surface area contributed by atoms with Gasteiger partial charge < -0.3 is 10.4 Å². The number of aromatic nitrogens is 2. The first-order valence-corrected chi connectivity index (χ1v) is 11.7. The van der Waals surface area contributed by atoms with E-state index in [1.165, 1.54) is 0 Å². The summed E-state index contributed by atoms with van der Waals surface area (Å²) in [6.07, 6.45) is 5.54. The molecule has 2 fully saturated rings. The number of fused-ring (bicyclic) bond motifs is 1. The fraction of sp³-hybridized carbons (Fsp3) is 0.214. The highest BCUT2D eigenvalue weighted by atomic mass is 16.4. The predicted octanol–water partition coefficient (Wildman–Crippen LogP) is 4.13. The number of nitrogens with zero attached hydrogens (tertiary/aromatic N) is 2. The number of aliphatic carboxylic acids is 1. The average Bonchev–Trinajstić information content (AvgIpc) is 3.80. The van der Waals surface area contributed by atoms with Crippen molar-refractivity contribution in [2.24, 2.45) is 5.92 Å². The van der Waals surface area contributed by atoms with Crippen molar-refractivity contribution in [1.82, 2.24) is 14.9 Å². The number of benzene rings is 2. The minimum atomic E-state index is -0.819. The first-order chi connectivity index (χ1) is 17.0. The Morgan fingerprint density at radius 1 is 1.00 bits per heavy atom. The van der Waals surface area contributed by atoms with Gasteiger partial charge in [-0.25, -0.2) is 4.98 Å². The van der Waals surface area contributed by atoms with E-state index in [0.717, 1.165) is 35.2 Å². The first kappa shape index (κ1) is 21.3. The van der Waals surface area contributed by atoms with Gasteiger partial charge in [0, 0.05) is 24.4 Å². The summed E-state index contributed by atoms with van der Waals surface area (Å²) in [6.45, 7) is 0. The van der Waals surface area contributed by atoms with Gasteiger partial charge in [-0.05, 0) is 54.2 Å². The molecule has 2 aliphatic rings. The molecule has 1 amide bonds. The molecule has 7 nitrogen and oxygen atoms in total. The molecule has 2 N–H and O–H groups in total. The maximum Gasteiger partial charge on any atom is 0.307 e. The standard InChI is InChI=1S/C28H23N3O4/c32-25-20-7-4-12-29-26(20)31(15-23(25)27(33)30-18-9-10-18)24-13-17(16-5-2-1-3-6-16)8-11-19(24)21-14-22(21)28(34)35/h1-8,11-13,15,18,21-22H,9-10,14H2,(H,30,33)(H,34,35)/t21-,22+/m0/s1. The fourth-order valence-corrected chi connectivity index (χ4v) is 4.68. The zero-order valence-corrected chi connectivity index (χ0v) is 18.8. The number of hydrogen-bond donors (Lipinski definition) is 2. The second-order valence-corrected chi connectivity index (χ2v) is 9.29. The Hall–Kier alpha value is -4.26. The molecule has 174 valence electrons. The van der Waals surface area contributed by atoms with E-state index in [9.17, 15) is 19.5 Å². The van der Waals surface area contributed by atoms with Crippen molar-refractivity contribution in [2.45, 2.75) is 31.2 Å². The van der Waals surface area contributed by atoms with Crippen LogP contribution in [0.15, 0.2) is 77.9 Å². The van der Waals surface area contributed by atoms with Gasteiger partial charge in [0.15, 0.2) is 0 Å². The predicted molar refractivity (Wildman–Crippen MR) is 132 cm³/mol. The Kier molecular flexibility index (Phi) is 4.99. The molecule has 2 heterocycles. The molecule has 7 heteroatoms. The molecule has 0 saturated heterocycles. The van der Waals surface area contributed by atoms with Crippen LogP contribution in [0.3, 0.4) is 0 Å². The monoisotopic (exact) mass is 465 g/mol. The van der Waals surface area contributed by atoms with Gasteiger partial charge in [0.2, 0.25) is 5.43 Å². The van der Waals surface area contributed by atoms with Crippen molar-refractivity contribution < 1.29 is 14.7 Å². The number of pyridine rings is 2. The lowest BCUT2D eigenvalue weighted by Crippen LogP contribution is -2.31. The van der Waals surface area contributed by atoms with Crippen LogP contribution in [0.5, 0.6) is 0 Å². The van der Waals surface area contributed by atoms with Gasteiger partial charge in [-0.2, -0.15) is 0 Å². The summed E-state index contributed by atoms with van der Waals surface area (Å²) in [4.78, 5) is 42.4. The Labute approximate surface area is 201 Å². The summed E-state index contributed by atoms with van der Waals surface area (Å²) in [5, 5.41) is 12.8. The SMILES string of the molecule is O=C(NC1CC1)c1cn(-c2cc(-c3ccccc3)ccc2[C@@H]2C[C@H]2C(=O)O)c2ncccc2c1=O. The van der Waals surface area contributed by atoms with Crippen LogP contribution in [0.2, 0.25) is 0 Å². The molecule has 0 bridgehead atoms. The number of carbonyl (C=O) groups is 2. The van der Waals surface area contributed by atoms with Crippen LogP contribution in [-0.4, -0.2) is 32.6 Å². The molecular weight excluding hydrogens is 442 g/mol. The summed E-state index contributed by atoms with van der Waals surface area (Å²) in [6, 6.07) is 19.3. The molecule has 2 aliphatic carbocycles. The highest BCUT2D eigenvalue weighted by Gasteiger charge is 2.45. The molecular formula is C28H23N3O4. The lowest BCUT2D eigenvalue weighted by atomic mass is 9.99. The minimum Gasteiger partial charge on any atom is -0.481 e. The van der Waals surface area contributed by atoms with E-state index in [2.05, 4.69) is 10.3 Å². The van der Waals surface area contributed by atoms with Crippen LogP contribution in [0.25, 0.3) is 27.8 Å². The van der Waals surface area contributed by atoms with Crippen LogP contribution >= 0.6 is 0 Å². The normalized spacial score (nSPS) is 18.9. The van der Waals surface area contributed by atoms with Crippen LogP contribution in [0.1, 0.15) is 41.1 Å². The van der Waals surface area contributed by atoms with E-state index in [0.29, 0.717) is 17.5 Å². The third kappa shape index (κ3) is 3.89. The molecule has 2 atom stereocenters. The molecule has 0 radical (unpaired) electrons. The van der Waals surface area contributed by atoms with Gasteiger partial charge >= 0.3 is 5.97 Å². The van der Waals surface area contributed by atoms with Gasteiger partial charge in [0.1, 0.15) is 11.2 Å². The van der Waals surface area contributed by atoms with Crippen LogP contribution in [0.4, 0.5) is 0 Å². The fourth-order valence-electron chi connectivity index (χ4n) is 4.68. The number of hydrogen-bond acceptors (Lipinski definition) is 4. The molecule has 6 rings (SSSR count). The van der Waals surface area contributed by atoms with Crippen LogP contribution < -0.4 is 10.7 Å². The number of carboxylic acid groups (broad SMARTS) is 1. The van der Waals surface area contributed by atoms with Crippen molar-refractivity contribution in [3.8, 4) is 16.8 Å². The lowest BCUT2D eigenvalue weighted by molar-refractivity contribution is -0.138. The molecule has 2 aromatic heterocycles. The Balaban J connectivity index is 1.59. The minimum absolute atomic E-state index is 0.0547. The van der Waals surface area contributed by atoms with Gasteiger partial charge in [0.25, 0.3) is 5.91 Å². The van der Waals surface area contributed by atoms with E-state index in [-0.39, 0.29) is 23.0 Å². The molecule has 0 spiro atoms. The summed E-state index contributed by atoms with van der Waals surface area (Å²) in [5.41, 5.74) is 3.67. The lowest BCUT2D eigenvalue weighted by Gasteiger charge is -2.18. The van der Waals surface area contributed by atoms with Crippen LogP contribution in [0, 0.1) is 5.92 Å². The first-order valence-electron chi connectivity index (χ1n) is 11.7. The van der Waals surface area contributed by atoms with E-state index >= 15 is 0 Å². The van der Waals surface area contributed by atoms with Gasteiger partial charge in [-0.15, -0.1) is 0 Å². The Morgan fingerprint density at radius 3 is 2.51 bits per heavy atom. The second-order valence-electron chi connectivity index (χ2n) is 9.29. The van der Waals surface area contributed by atoms with E-state index in [1.807, 2.05) is 48.5 Å². The van der Waals surface area contributed by atoms with Crippen molar-refractivity contribution in [3.05, 3.63) is 94.4 Å². The van der Waals surface area contributed by atoms with E-state index < -0.39 is 17.8 Å². The second kappa shape index (κ2) is 8.20. The van der Waals surface area contributed by atoms with Crippen molar-refractivity contribution >= 4 is 22.9 Å². The number of amides is 1. The molecule has 0 aliphatic heterocycles. The molecule has 2 saturated carbocycles. The van der Waals surface area contributed by atoms with Crippen molar-refractivity contribution in [1.29, 1.82) is 0 Å². The summed E-state index contributed by atoms with van der Waals surface area (Å²) >= 11 is 0. The molecule has 35 heavy (non-hydrogen) atoms. The highest BCUT2D eigenvalue weighted by Crippen LogP contribution is 2.50. The quantitative estimate of drug-likeness (QED) is 0.446. The number of nitrogens with one attached hydrogen (secondary N) is 1. The maximum atomic E-state index is 13.2. The van der Waals surface area contributed by atoms with Crippen molar-refractivity contribution in [3.63, 3.8) is 0 Å². The molecule has 0 unspecified atom stereocenters. The zero-order chi connectivity index (χ0) is 24.1. The third-order valence-electron chi connectivity index (χ3n) is 6.82. The number of rotatable bonds is 6. The number of carbonyl (C=O) groups excluding carboxylic acids is 1. The average molecular weight is 466 g/mol. The molecule has 4 aromatic rings. The van der Waals surface area contributed by atoms with Gasteiger partial charge in [-0.3, -0.25) is 19.0 Å². The summed E-state index contributed by atoms with van der Waals surface area (Å²) in [5.74, 6) is -1.81. The highest BCUT2D eigenvalue weighted by molar-refractivity contribution is 5.97. The van der Waals surface area contributed by atoms with Crippen LogP contribution in [-0.2, 0) is 4.79 Å². The molecule has 2 aromatic carbocycles. The maximum absolute atomic E-state index is 13.2. The van der Waals surface area contributed by atoms with Gasteiger partial charge in [-0.1, -0.05) is 42.5 Å². The van der Waals surface area contributed by atoms with Crippen molar-refractivity contribution in [2.75, 3.05) is 0 Å². The smallest absolute Gasteiger partial charge is 0.307 e. The summed E-state index contributed by atoms with van der Waals surface area (Å²) < 4.78 is 1.78. The topological polar surface area (TPSA) is 101 Å². The Morgan fingerprint density at radius 2 is 1.80 bits per heavy atom. The third-order valence-corrected chi connectivity index (χ3v) is 6.82. The van der Waals surface area contributed by atoms with E-state index in [4.69, 9.17) is 0 Å².